The topological polar surface area (TPSA) is 84.2 Å². The van der Waals surface area contributed by atoms with E-state index in [1.807, 2.05) is 0 Å². The van der Waals surface area contributed by atoms with Gasteiger partial charge in [-0.25, -0.2) is 4.98 Å². The first-order chi connectivity index (χ1) is 12.0. The third-order valence-electron chi connectivity index (χ3n) is 3.98. The number of rotatable bonds is 5. The van der Waals surface area contributed by atoms with E-state index in [4.69, 9.17) is 0 Å². The van der Waals surface area contributed by atoms with Crippen LogP contribution >= 0.6 is 11.3 Å². The third kappa shape index (κ3) is 3.41. The Morgan fingerprint density at radius 2 is 2.20 bits per heavy atom. The summed E-state index contributed by atoms with van der Waals surface area (Å²) in [7, 11) is 0. The SMILES string of the molecule is CCCCn1cnc2sc(C(=O)Nc3cccc(O)c3)c(C)c2c1=O. The minimum Gasteiger partial charge on any atom is -0.508 e. The normalized spacial score (nSPS) is 11.0. The zero-order valence-corrected chi connectivity index (χ0v) is 14.9. The number of amides is 1. The van der Waals surface area contributed by atoms with Crippen molar-refractivity contribution < 1.29 is 9.90 Å². The lowest BCUT2D eigenvalue weighted by Crippen LogP contribution is -2.20. The van der Waals surface area contributed by atoms with Gasteiger partial charge in [-0.3, -0.25) is 14.2 Å². The van der Waals surface area contributed by atoms with Crippen LogP contribution in [0.15, 0.2) is 35.4 Å². The summed E-state index contributed by atoms with van der Waals surface area (Å²) in [6.07, 6.45) is 3.44. The second kappa shape index (κ2) is 7.06. The van der Waals surface area contributed by atoms with Crippen molar-refractivity contribution in [3.8, 4) is 5.75 Å². The van der Waals surface area contributed by atoms with Gasteiger partial charge in [0.25, 0.3) is 11.5 Å². The number of hydrogen-bond donors (Lipinski definition) is 2. The molecule has 0 saturated carbocycles. The molecule has 0 spiro atoms. The smallest absolute Gasteiger partial charge is 0.266 e. The average Bonchev–Trinajstić information content (AvgIpc) is 2.92. The minimum absolute atomic E-state index is 0.0753. The Bertz CT molecular complexity index is 991. The molecule has 1 amide bonds. The number of nitrogens with one attached hydrogen (secondary N) is 1. The van der Waals surface area contributed by atoms with Gasteiger partial charge in [0.1, 0.15) is 10.6 Å². The maximum atomic E-state index is 12.7. The van der Waals surface area contributed by atoms with E-state index in [9.17, 15) is 14.7 Å². The molecule has 0 radical (unpaired) electrons. The standard InChI is InChI=1S/C18H19N3O3S/c1-3-4-8-21-10-19-17-14(18(21)24)11(2)15(25-17)16(23)20-12-6-5-7-13(22)9-12/h5-7,9-10,22H,3-4,8H2,1-2H3,(H,20,23). The van der Waals surface area contributed by atoms with Crippen LogP contribution in [0.1, 0.15) is 35.0 Å². The highest BCUT2D eigenvalue weighted by Gasteiger charge is 2.19. The number of unbranched alkanes of at least 4 members (excludes halogenated alkanes) is 1. The van der Waals surface area contributed by atoms with Gasteiger partial charge in [-0.15, -0.1) is 11.3 Å². The predicted octanol–water partition coefficient (Wildman–Crippen LogP) is 3.52. The van der Waals surface area contributed by atoms with Crippen LogP contribution in [0.3, 0.4) is 0 Å². The number of nitrogens with zero attached hydrogens (tertiary/aromatic N) is 2. The molecule has 0 fully saturated rings. The maximum Gasteiger partial charge on any atom is 0.266 e. The summed E-state index contributed by atoms with van der Waals surface area (Å²) in [5.74, 6) is -0.239. The lowest BCUT2D eigenvalue weighted by atomic mass is 10.2. The molecule has 2 aromatic heterocycles. The Kier molecular flexibility index (Phi) is 4.85. The van der Waals surface area contributed by atoms with Crippen LogP contribution in [0.4, 0.5) is 5.69 Å². The number of aromatic nitrogens is 2. The van der Waals surface area contributed by atoms with Gasteiger partial charge in [-0.1, -0.05) is 19.4 Å². The lowest BCUT2D eigenvalue weighted by Gasteiger charge is -2.05. The molecular weight excluding hydrogens is 338 g/mol. The summed E-state index contributed by atoms with van der Waals surface area (Å²) in [6, 6.07) is 6.34. The number of fused-ring (bicyclic) bond motifs is 1. The second-order valence-corrected chi connectivity index (χ2v) is 6.84. The van der Waals surface area contributed by atoms with Gasteiger partial charge < -0.3 is 10.4 Å². The predicted molar refractivity (Wildman–Crippen MR) is 99.6 cm³/mol. The number of phenols is 1. The van der Waals surface area contributed by atoms with Crippen LogP contribution < -0.4 is 10.9 Å². The van der Waals surface area contributed by atoms with Crippen molar-refractivity contribution in [1.82, 2.24) is 9.55 Å². The molecule has 0 atom stereocenters. The molecular formula is C18H19N3O3S. The Hall–Kier alpha value is -2.67. The van der Waals surface area contributed by atoms with E-state index in [0.29, 0.717) is 32.9 Å². The number of hydrogen-bond acceptors (Lipinski definition) is 5. The summed E-state index contributed by atoms with van der Waals surface area (Å²) in [5, 5.41) is 12.7. The average molecular weight is 357 g/mol. The fraction of sp³-hybridized carbons (Fsp3) is 0.278. The molecule has 0 saturated heterocycles. The van der Waals surface area contributed by atoms with Gasteiger partial charge in [-0.05, 0) is 31.0 Å². The number of phenolic OH excluding ortho intramolecular Hbond substituents is 1. The second-order valence-electron chi connectivity index (χ2n) is 5.84. The summed E-state index contributed by atoms with van der Waals surface area (Å²) in [4.78, 5) is 30.6. The van der Waals surface area contributed by atoms with Gasteiger partial charge in [0, 0.05) is 18.3 Å². The molecule has 2 N–H and O–H groups in total. The zero-order valence-electron chi connectivity index (χ0n) is 14.1. The van der Waals surface area contributed by atoms with Crippen LogP contribution in [-0.4, -0.2) is 20.6 Å². The van der Waals surface area contributed by atoms with Gasteiger partial charge in [0.2, 0.25) is 0 Å². The van der Waals surface area contributed by atoms with Crippen molar-refractivity contribution in [3.63, 3.8) is 0 Å². The number of benzene rings is 1. The van der Waals surface area contributed by atoms with Crippen LogP contribution in [0.5, 0.6) is 5.75 Å². The first-order valence-electron chi connectivity index (χ1n) is 8.10. The van der Waals surface area contributed by atoms with Crippen molar-refractivity contribution >= 4 is 33.1 Å². The summed E-state index contributed by atoms with van der Waals surface area (Å²) < 4.78 is 1.60. The molecule has 3 aromatic rings. The van der Waals surface area contributed by atoms with E-state index in [1.54, 1.807) is 30.0 Å². The maximum absolute atomic E-state index is 12.7. The monoisotopic (exact) mass is 357 g/mol. The Labute approximate surface area is 148 Å². The molecule has 6 nitrogen and oxygen atoms in total. The molecule has 0 aliphatic rings. The van der Waals surface area contributed by atoms with E-state index in [1.165, 1.54) is 23.5 Å². The van der Waals surface area contributed by atoms with E-state index < -0.39 is 0 Å². The quantitative estimate of drug-likeness (QED) is 0.732. The largest absolute Gasteiger partial charge is 0.508 e. The molecule has 1 aromatic carbocycles. The molecule has 3 rings (SSSR count). The van der Waals surface area contributed by atoms with E-state index in [0.717, 1.165) is 12.8 Å². The molecule has 2 heterocycles. The molecule has 130 valence electrons. The van der Waals surface area contributed by atoms with E-state index >= 15 is 0 Å². The molecule has 0 bridgehead atoms. The Balaban J connectivity index is 1.97. The Morgan fingerprint density at radius 3 is 2.92 bits per heavy atom. The van der Waals surface area contributed by atoms with Crippen LogP contribution in [0, 0.1) is 6.92 Å². The van der Waals surface area contributed by atoms with E-state index in [-0.39, 0.29) is 17.2 Å². The number of carbonyl (C=O) groups excluding carboxylic acids is 1. The van der Waals surface area contributed by atoms with Crippen molar-refractivity contribution in [2.75, 3.05) is 5.32 Å². The van der Waals surface area contributed by atoms with Crippen molar-refractivity contribution in [1.29, 1.82) is 0 Å². The van der Waals surface area contributed by atoms with Crippen molar-refractivity contribution in [2.45, 2.75) is 33.2 Å². The molecule has 7 heteroatoms. The minimum atomic E-state index is -0.314. The number of aromatic hydroxyl groups is 1. The highest BCUT2D eigenvalue weighted by Crippen LogP contribution is 2.28. The molecule has 0 unspecified atom stereocenters. The fourth-order valence-electron chi connectivity index (χ4n) is 2.64. The summed E-state index contributed by atoms with van der Waals surface area (Å²) >= 11 is 1.20. The van der Waals surface area contributed by atoms with Crippen LogP contribution in [-0.2, 0) is 6.54 Å². The third-order valence-corrected chi connectivity index (χ3v) is 5.18. The Morgan fingerprint density at radius 1 is 1.40 bits per heavy atom. The van der Waals surface area contributed by atoms with Crippen molar-refractivity contribution in [2.24, 2.45) is 0 Å². The number of anilines is 1. The fourth-order valence-corrected chi connectivity index (χ4v) is 3.67. The molecule has 0 aliphatic heterocycles. The lowest BCUT2D eigenvalue weighted by molar-refractivity contribution is 0.103. The number of carbonyl (C=O) groups is 1. The van der Waals surface area contributed by atoms with Crippen LogP contribution in [0.2, 0.25) is 0 Å². The van der Waals surface area contributed by atoms with E-state index in [2.05, 4.69) is 17.2 Å². The van der Waals surface area contributed by atoms with Crippen molar-refractivity contribution in [3.05, 3.63) is 51.4 Å². The van der Waals surface area contributed by atoms with Gasteiger partial charge >= 0.3 is 0 Å². The molecule has 25 heavy (non-hydrogen) atoms. The van der Waals surface area contributed by atoms with Gasteiger partial charge in [-0.2, -0.15) is 0 Å². The summed E-state index contributed by atoms with van der Waals surface area (Å²) in [5.41, 5.74) is 1.03. The van der Waals surface area contributed by atoms with Gasteiger partial charge in [0.15, 0.2) is 0 Å². The number of thiophene rings is 1. The zero-order chi connectivity index (χ0) is 18.0. The first-order valence-corrected chi connectivity index (χ1v) is 8.91. The van der Waals surface area contributed by atoms with Crippen LogP contribution in [0.25, 0.3) is 10.2 Å². The first kappa shape index (κ1) is 17.2. The molecule has 0 aliphatic carbocycles. The highest BCUT2D eigenvalue weighted by atomic mass is 32.1. The van der Waals surface area contributed by atoms with Gasteiger partial charge in [0.05, 0.1) is 16.6 Å². The summed E-state index contributed by atoms with van der Waals surface area (Å²) in [6.45, 7) is 4.46. The number of aryl methyl sites for hydroxylation is 2. The highest BCUT2D eigenvalue weighted by molar-refractivity contribution is 7.20.